The van der Waals surface area contributed by atoms with Crippen molar-refractivity contribution in [3.8, 4) is 0 Å². The summed E-state index contributed by atoms with van der Waals surface area (Å²) in [7, 11) is 0. The number of carbonyl (C=O) groups excluding carboxylic acids is 2. The molecule has 92 valence electrons. The van der Waals surface area contributed by atoms with Crippen LogP contribution in [0.25, 0.3) is 0 Å². The second-order valence-corrected chi connectivity index (χ2v) is 3.53. The van der Waals surface area contributed by atoms with Gasteiger partial charge in [-0.2, -0.15) is 0 Å². The maximum Gasteiger partial charge on any atom is 0.330 e. The smallest absolute Gasteiger partial charge is 0.330 e. The Labute approximate surface area is 97.3 Å². The van der Waals surface area contributed by atoms with Gasteiger partial charge in [0.05, 0.1) is 6.61 Å². The van der Waals surface area contributed by atoms with E-state index in [4.69, 9.17) is 4.74 Å². The van der Waals surface area contributed by atoms with E-state index in [1.54, 1.807) is 11.8 Å². The maximum atomic E-state index is 11.1. The van der Waals surface area contributed by atoms with Gasteiger partial charge in [-0.15, -0.1) is 0 Å². The van der Waals surface area contributed by atoms with Crippen LogP contribution in [0.15, 0.2) is 12.7 Å². The first-order chi connectivity index (χ1) is 7.61. The third-order valence-corrected chi connectivity index (χ3v) is 2.31. The summed E-state index contributed by atoms with van der Waals surface area (Å²) < 4.78 is 4.83. The highest BCUT2D eigenvalue weighted by Gasteiger charge is 2.04. The van der Waals surface area contributed by atoms with E-state index in [1.165, 1.54) is 0 Å². The number of ether oxygens (including phenoxy) is 1. The molecule has 0 aliphatic rings. The highest BCUT2D eigenvalue weighted by Crippen LogP contribution is 2.00. The van der Waals surface area contributed by atoms with Crippen LogP contribution in [0.3, 0.4) is 0 Å². The predicted molar refractivity (Wildman–Crippen MR) is 62.9 cm³/mol. The molecule has 0 aliphatic heterocycles. The van der Waals surface area contributed by atoms with Crippen molar-refractivity contribution >= 4 is 11.9 Å². The molecule has 0 rings (SSSR count). The van der Waals surface area contributed by atoms with Gasteiger partial charge in [-0.05, 0) is 26.2 Å². The third-order valence-electron chi connectivity index (χ3n) is 2.31. The average molecular weight is 227 g/mol. The van der Waals surface area contributed by atoms with Crippen molar-refractivity contribution in [2.24, 2.45) is 0 Å². The van der Waals surface area contributed by atoms with Gasteiger partial charge in [0.15, 0.2) is 0 Å². The second-order valence-electron chi connectivity index (χ2n) is 3.53. The normalized spacial score (nSPS) is 9.62. The molecule has 0 aromatic carbocycles. The molecule has 0 unspecified atom stereocenters. The SMILES string of the molecule is C=CC(=O)OCCCCCN(CC)C(C)=O. The Kier molecular flexibility index (Phi) is 8.21. The summed E-state index contributed by atoms with van der Waals surface area (Å²) in [4.78, 5) is 23.6. The van der Waals surface area contributed by atoms with E-state index in [0.29, 0.717) is 6.61 Å². The Bertz CT molecular complexity index is 238. The second kappa shape index (κ2) is 8.95. The van der Waals surface area contributed by atoms with Gasteiger partial charge in [-0.25, -0.2) is 4.79 Å². The lowest BCUT2D eigenvalue weighted by Gasteiger charge is -2.18. The lowest BCUT2D eigenvalue weighted by atomic mass is 10.2. The molecule has 0 heterocycles. The number of hydrogen-bond acceptors (Lipinski definition) is 3. The van der Waals surface area contributed by atoms with Crippen molar-refractivity contribution in [1.82, 2.24) is 4.90 Å². The predicted octanol–water partition coefficient (Wildman–Crippen LogP) is 1.75. The summed E-state index contributed by atoms with van der Waals surface area (Å²) in [5, 5.41) is 0. The molecule has 0 aromatic rings. The molecule has 0 aromatic heterocycles. The van der Waals surface area contributed by atoms with Gasteiger partial charge in [-0.1, -0.05) is 6.58 Å². The molecular weight excluding hydrogens is 206 g/mol. The van der Waals surface area contributed by atoms with Crippen LogP contribution in [-0.4, -0.2) is 36.5 Å². The number of carbonyl (C=O) groups is 2. The van der Waals surface area contributed by atoms with Crippen LogP contribution in [0.4, 0.5) is 0 Å². The first kappa shape index (κ1) is 14.7. The summed E-state index contributed by atoms with van der Waals surface area (Å²) in [5.74, 6) is -0.264. The largest absolute Gasteiger partial charge is 0.463 e. The maximum absolute atomic E-state index is 11.1. The summed E-state index contributed by atoms with van der Waals surface area (Å²) in [5.41, 5.74) is 0. The lowest BCUT2D eigenvalue weighted by molar-refractivity contribution is -0.137. The fourth-order valence-electron chi connectivity index (χ4n) is 1.35. The number of esters is 1. The number of nitrogens with zero attached hydrogens (tertiary/aromatic N) is 1. The molecule has 0 fully saturated rings. The zero-order valence-corrected chi connectivity index (χ0v) is 10.2. The van der Waals surface area contributed by atoms with E-state index >= 15 is 0 Å². The molecule has 0 saturated carbocycles. The van der Waals surface area contributed by atoms with Crippen molar-refractivity contribution in [3.05, 3.63) is 12.7 Å². The topological polar surface area (TPSA) is 46.6 Å². The van der Waals surface area contributed by atoms with Crippen molar-refractivity contribution in [1.29, 1.82) is 0 Å². The fraction of sp³-hybridized carbons (Fsp3) is 0.667. The van der Waals surface area contributed by atoms with Crippen LogP contribution < -0.4 is 0 Å². The molecule has 0 bridgehead atoms. The molecule has 4 nitrogen and oxygen atoms in total. The van der Waals surface area contributed by atoms with Gasteiger partial charge >= 0.3 is 5.97 Å². The van der Waals surface area contributed by atoms with Gasteiger partial charge < -0.3 is 9.64 Å². The monoisotopic (exact) mass is 227 g/mol. The van der Waals surface area contributed by atoms with E-state index in [0.717, 1.165) is 38.4 Å². The molecule has 0 saturated heterocycles. The van der Waals surface area contributed by atoms with E-state index < -0.39 is 0 Å². The molecule has 0 radical (unpaired) electrons. The molecule has 0 atom stereocenters. The Morgan fingerprint density at radius 2 is 2.00 bits per heavy atom. The van der Waals surface area contributed by atoms with Gasteiger partial charge in [0.25, 0.3) is 0 Å². The Morgan fingerprint density at radius 1 is 1.31 bits per heavy atom. The molecule has 0 spiro atoms. The van der Waals surface area contributed by atoms with Crippen LogP contribution >= 0.6 is 0 Å². The summed E-state index contributed by atoms with van der Waals surface area (Å²) in [6.45, 7) is 8.81. The van der Waals surface area contributed by atoms with Crippen LogP contribution in [0.2, 0.25) is 0 Å². The lowest BCUT2D eigenvalue weighted by Crippen LogP contribution is -2.29. The van der Waals surface area contributed by atoms with Crippen molar-refractivity contribution in [2.75, 3.05) is 19.7 Å². The molecule has 1 amide bonds. The highest BCUT2D eigenvalue weighted by atomic mass is 16.5. The Morgan fingerprint density at radius 3 is 2.50 bits per heavy atom. The van der Waals surface area contributed by atoms with Crippen LogP contribution in [-0.2, 0) is 14.3 Å². The minimum Gasteiger partial charge on any atom is -0.463 e. The summed E-state index contributed by atoms with van der Waals surface area (Å²) >= 11 is 0. The van der Waals surface area contributed by atoms with Gasteiger partial charge in [0.2, 0.25) is 5.91 Å². The summed E-state index contributed by atoms with van der Waals surface area (Å²) in [6.07, 6.45) is 3.89. The fourth-order valence-corrected chi connectivity index (χ4v) is 1.35. The standard InChI is InChI=1S/C12H21NO3/c1-4-12(15)16-10-8-6-7-9-13(5-2)11(3)14/h4H,1,5-10H2,2-3H3. The number of rotatable bonds is 8. The van der Waals surface area contributed by atoms with Crippen molar-refractivity contribution in [3.63, 3.8) is 0 Å². The van der Waals surface area contributed by atoms with Crippen LogP contribution in [0.1, 0.15) is 33.1 Å². The van der Waals surface area contributed by atoms with Crippen LogP contribution in [0.5, 0.6) is 0 Å². The third kappa shape index (κ3) is 7.04. The minimum absolute atomic E-state index is 0.112. The summed E-state index contributed by atoms with van der Waals surface area (Å²) in [6, 6.07) is 0. The van der Waals surface area contributed by atoms with Gasteiger partial charge in [-0.3, -0.25) is 4.79 Å². The zero-order valence-electron chi connectivity index (χ0n) is 10.2. The van der Waals surface area contributed by atoms with Gasteiger partial charge in [0, 0.05) is 26.1 Å². The van der Waals surface area contributed by atoms with E-state index in [-0.39, 0.29) is 11.9 Å². The van der Waals surface area contributed by atoms with Crippen molar-refractivity contribution < 1.29 is 14.3 Å². The average Bonchev–Trinajstić information content (AvgIpc) is 2.27. The Balaban J connectivity index is 3.42. The minimum atomic E-state index is -0.376. The first-order valence-electron chi connectivity index (χ1n) is 5.66. The highest BCUT2D eigenvalue weighted by molar-refractivity contribution is 5.81. The molecule has 0 aliphatic carbocycles. The molecule has 4 heteroatoms. The van der Waals surface area contributed by atoms with E-state index in [2.05, 4.69) is 6.58 Å². The first-order valence-corrected chi connectivity index (χ1v) is 5.66. The number of amides is 1. The van der Waals surface area contributed by atoms with Gasteiger partial charge in [0.1, 0.15) is 0 Å². The van der Waals surface area contributed by atoms with E-state index in [1.807, 2.05) is 6.92 Å². The van der Waals surface area contributed by atoms with E-state index in [9.17, 15) is 9.59 Å². The van der Waals surface area contributed by atoms with Crippen LogP contribution in [0, 0.1) is 0 Å². The van der Waals surface area contributed by atoms with Crippen molar-refractivity contribution in [2.45, 2.75) is 33.1 Å². The quantitative estimate of drug-likeness (QED) is 0.360. The molecule has 0 N–H and O–H groups in total. The number of hydrogen-bond donors (Lipinski definition) is 0. The molecule has 16 heavy (non-hydrogen) atoms. The Hall–Kier alpha value is -1.32. The molecular formula is C12H21NO3. The zero-order chi connectivity index (χ0) is 12.4. The number of unbranched alkanes of at least 4 members (excludes halogenated alkanes) is 2.